The molecule has 0 aliphatic rings. The first-order valence-electron chi connectivity index (χ1n) is 5.78. The number of nitro groups is 1. The minimum Gasteiger partial charge on any atom is -0.349 e. The summed E-state index contributed by atoms with van der Waals surface area (Å²) in [6, 6.07) is 0.659. The zero-order chi connectivity index (χ0) is 15.4. The van der Waals surface area contributed by atoms with Crippen molar-refractivity contribution in [2.75, 3.05) is 5.33 Å². The highest BCUT2D eigenvalue weighted by Gasteiger charge is 2.25. The van der Waals surface area contributed by atoms with Crippen LogP contribution < -0.4 is 5.32 Å². The molecule has 0 bridgehead atoms. The van der Waals surface area contributed by atoms with E-state index in [1.807, 2.05) is 6.92 Å². The number of rotatable bonds is 5. The summed E-state index contributed by atoms with van der Waals surface area (Å²) in [6.45, 7) is 3.58. The maximum Gasteiger partial charge on any atom is 0.285 e. The second-order valence-corrected chi connectivity index (χ2v) is 5.08. The molecule has 1 N–H and O–H groups in total. The monoisotopic (exact) mass is 350 g/mol. The third-order valence-electron chi connectivity index (χ3n) is 2.94. The first-order valence-corrected chi connectivity index (χ1v) is 6.90. The summed E-state index contributed by atoms with van der Waals surface area (Å²) in [5.41, 5.74) is -1.26. The Labute approximate surface area is 122 Å². The standard InChI is InChI=1S/C12H13BrF2N2O3/c1-6(5-13)7(2)16-12(18)8-3-9(14)10(15)4-11(8)17(19)20/h3-4,6-7H,5H2,1-2H3,(H,16,18). The van der Waals surface area contributed by atoms with Crippen LogP contribution in [-0.4, -0.2) is 22.2 Å². The van der Waals surface area contributed by atoms with Crippen molar-refractivity contribution in [2.45, 2.75) is 19.9 Å². The van der Waals surface area contributed by atoms with E-state index in [0.717, 1.165) is 0 Å². The molecule has 0 saturated carbocycles. The van der Waals surface area contributed by atoms with Gasteiger partial charge in [0.05, 0.1) is 11.0 Å². The first-order chi connectivity index (χ1) is 9.27. The molecule has 0 heterocycles. The van der Waals surface area contributed by atoms with E-state index in [9.17, 15) is 23.7 Å². The van der Waals surface area contributed by atoms with E-state index in [2.05, 4.69) is 21.2 Å². The van der Waals surface area contributed by atoms with Gasteiger partial charge in [0.2, 0.25) is 0 Å². The molecule has 8 heteroatoms. The number of nitro benzene ring substituents is 1. The Morgan fingerprint density at radius 3 is 2.45 bits per heavy atom. The van der Waals surface area contributed by atoms with Crippen LogP contribution >= 0.6 is 15.9 Å². The largest absolute Gasteiger partial charge is 0.349 e. The Hall–Kier alpha value is -1.57. The van der Waals surface area contributed by atoms with E-state index in [1.54, 1.807) is 6.92 Å². The number of nitrogens with one attached hydrogen (secondary N) is 1. The molecular weight excluding hydrogens is 338 g/mol. The van der Waals surface area contributed by atoms with Gasteiger partial charge in [-0.2, -0.15) is 0 Å². The number of hydrogen-bond acceptors (Lipinski definition) is 3. The van der Waals surface area contributed by atoms with E-state index in [0.29, 0.717) is 17.5 Å². The SMILES string of the molecule is CC(CBr)C(C)NC(=O)c1cc(F)c(F)cc1[N+](=O)[O-]. The molecule has 2 atom stereocenters. The molecule has 0 aliphatic carbocycles. The predicted molar refractivity (Wildman–Crippen MR) is 72.9 cm³/mol. The molecule has 110 valence electrons. The summed E-state index contributed by atoms with van der Waals surface area (Å²) in [6.07, 6.45) is 0. The van der Waals surface area contributed by atoms with E-state index >= 15 is 0 Å². The van der Waals surface area contributed by atoms with Crippen molar-refractivity contribution in [1.29, 1.82) is 0 Å². The minimum atomic E-state index is -1.37. The van der Waals surface area contributed by atoms with Crippen molar-refractivity contribution in [3.63, 3.8) is 0 Å². The quantitative estimate of drug-likeness (QED) is 0.504. The minimum absolute atomic E-state index is 0.0725. The maximum absolute atomic E-state index is 13.2. The van der Waals surface area contributed by atoms with Gasteiger partial charge in [-0.3, -0.25) is 14.9 Å². The van der Waals surface area contributed by atoms with Gasteiger partial charge < -0.3 is 5.32 Å². The van der Waals surface area contributed by atoms with Crippen molar-refractivity contribution >= 4 is 27.5 Å². The molecule has 0 saturated heterocycles. The predicted octanol–water partition coefficient (Wildman–Crippen LogP) is 3.02. The molecule has 1 rings (SSSR count). The smallest absolute Gasteiger partial charge is 0.285 e. The van der Waals surface area contributed by atoms with E-state index in [1.165, 1.54) is 0 Å². The zero-order valence-electron chi connectivity index (χ0n) is 10.8. The summed E-state index contributed by atoms with van der Waals surface area (Å²) in [5, 5.41) is 13.9. The third kappa shape index (κ3) is 3.72. The van der Waals surface area contributed by atoms with E-state index in [-0.39, 0.29) is 12.0 Å². The van der Waals surface area contributed by atoms with Crippen LogP contribution in [0.15, 0.2) is 12.1 Å². The molecule has 20 heavy (non-hydrogen) atoms. The van der Waals surface area contributed by atoms with Crippen LogP contribution in [0.25, 0.3) is 0 Å². The van der Waals surface area contributed by atoms with Gasteiger partial charge in [0.1, 0.15) is 5.56 Å². The number of hydrogen-bond donors (Lipinski definition) is 1. The summed E-state index contributed by atoms with van der Waals surface area (Å²) in [4.78, 5) is 21.8. The van der Waals surface area contributed by atoms with Crippen LogP contribution in [0.4, 0.5) is 14.5 Å². The molecule has 0 fully saturated rings. The number of nitrogens with zero attached hydrogens (tertiary/aromatic N) is 1. The van der Waals surface area contributed by atoms with Gasteiger partial charge in [-0.1, -0.05) is 22.9 Å². The van der Waals surface area contributed by atoms with Crippen molar-refractivity contribution in [3.8, 4) is 0 Å². The van der Waals surface area contributed by atoms with Gasteiger partial charge in [-0.25, -0.2) is 8.78 Å². The molecule has 1 amide bonds. The average Bonchev–Trinajstić information content (AvgIpc) is 2.39. The van der Waals surface area contributed by atoms with Gasteiger partial charge in [-0.05, 0) is 18.9 Å². The molecule has 2 unspecified atom stereocenters. The highest BCUT2D eigenvalue weighted by molar-refractivity contribution is 9.09. The number of alkyl halides is 1. The van der Waals surface area contributed by atoms with Crippen molar-refractivity contribution in [1.82, 2.24) is 5.32 Å². The molecule has 0 aromatic heterocycles. The first kappa shape index (κ1) is 16.5. The summed E-state index contributed by atoms with van der Waals surface area (Å²) in [5.74, 6) is -3.41. The topological polar surface area (TPSA) is 72.2 Å². The van der Waals surface area contributed by atoms with Crippen LogP contribution in [0, 0.1) is 27.7 Å². The number of halogens is 3. The second kappa shape index (κ2) is 6.74. The van der Waals surface area contributed by atoms with Crippen molar-refractivity contribution in [2.24, 2.45) is 5.92 Å². The Bertz CT molecular complexity index is 540. The van der Waals surface area contributed by atoms with Crippen molar-refractivity contribution in [3.05, 3.63) is 39.4 Å². The lowest BCUT2D eigenvalue weighted by molar-refractivity contribution is -0.385. The summed E-state index contributed by atoms with van der Waals surface area (Å²) < 4.78 is 26.2. The van der Waals surface area contributed by atoms with Gasteiger partial charge >= 0.3 is 0 Å². The molecule has 0 spiro atoms. The fourth-order valence-corrected chi connectivity index (χ4v) is 1.99. The maximum atomic E-state index is 13.2. The van der Waals surface area contributed by atoms with Crippen LogP contribution in [0.3, 0.4) is 0 Å². The molecule has 0 radical (unpaired) electrons. The Balaban J connectivity index is 3.09. The van der Waals surface area contributed by atoms with Crippen LogP contribution in [0.5, 0.6) is 0 Å². The second-order valence-electron chi connectivity index (χ2n) is 4.43. The number of carbonyl (C=O) groups excluding carboxylic acids is 1. The van der Waals surface area contributed by atoms with Gasteiger partial charge in [0.25, 0.3) is 11.6 Å². The molecule has 5 nitrogen and oxygen atoms in total. The highest BCUT2D eigenvalue weighted by atomic mass is 79.9. The fraction of sp³-hybridized carbons (Fsp3) is 0.417. The van der Waals surface area contributed by atoms with Crippen LogP contribution in [0.1, 0.15) is 24.2 Å². The van der Waals surface area contributed by atoms with Gasteiger partial charge in [-0.15, -0.1) is 0 Å². The molecule has 1 aromatic carbocycles. The fourth-order valence-electron chi connectivity index (χ4n) is 1.43. The number of carbonyl (C=O) groups is 1. The average molecular weight is 351 g/mol. The Morgan fingerprint density at radius 1 is 1.40 bits per heavy atom. The number of benzene rings is 1. The van der Waals surface area contributed by atoms with Crippen molar-refractivity contribution < 1.29 is 18.5 Å². The van der Waals surface area contributed by atoms with Crippen LogP contribution in [-0.2, 0) is 0 Å². The Kier molecular flexibility index (Phi) is 5.55. The van der Waals surface area contributed by atoms with E-state index in [4.69, 9.17) is 0 Å². The lowest BCUT2D eigenvalue weighted by Gasteiger charge is -2.19. The Morgan fingerprint density at radius 2 is 1.95 bits per heavy atom. The highest BCUT2D eigenvalue weighted by Crippen LogP contribution is 2.22. The van der Waals surface area contributed by atoms with Crippen LogP contribution in [0.2, 0.25) is 0 Å². The zero-order valence-corrected chi connectivity index (χ0v) is 12.4. The van der Waals surface area contributed by atoms with Gasteiger partial charge in [0, 0.05) is 11.4 Å². The molecule has 0 aliphatic heterocycles. The molecular formula is C12H13BrF2N2O3. The lowest BCUT2D eigenvalue weighted by Crippen LogP contribution is -2.38. The lowest BCUT2D eigenvalue weighted by atomic mass is 10.1. The summed E-state index contributed by atoms with van der Waals surface area (Å²) >= 11 is 3.25. The van der Waals surface area contributed by atoms with E-state index < -0.39 is 33.7 Å². The third-order valence-corrected chi connectivity index (χ3v) is 3.96. The molecule has 1 aromatic rings. The number of amides is 1. The summed E-state index contributed by atoms with van der Waals surface area (Å²) in [7, 11) is 0. The normalized spacial score (nSPS) is 13.7. The van der Waals surface area contributed by atoms with Gasteiger partial charge in [0.15, 0.2) is 11.6 Å².